The van der Waals surface area contributed by atoms with Crippen molar-refractivity contribution in [1.29, 1.82) is 0 Å². The van der Waals surface area contributed by atoms with E-state index >= 15 is 0 Å². The van der Waals surface area contributed by atoms with Crippen molar-refractivity contribution in [2.24, 2.45) is 0 Å². The molecule has 1 atom stereocenters. The first kappa shape index (κ1) is 18.0. The molecule has 1 unspecified atom stereocenters. The van der Waals surface area contributed by atoms with Gasteiger partial charge in [0.05, 0.1) is 12.6 Å². The summed E-state index contributed by atoms with van der Waals surface area (Å²) in [7, 11) is 1.93. The van der Waals surface area contributed by atoms with E-state index in [0.29, 0.717) is 11.6 Å². The molecule has 2 aromatic rings. The van der Waals surface area contributed by atoms with Gasteiger partial charge in [-0.15, -0.1) is 0 Å². The standard InChI is InChI=1S/C18H20BrClN2O/c1-13(16-5-3-4-6-17(16)20)21-18(23)12-22(2)11-14-7-9-15(19)10-8-14/h3-10,13H,11-12H2,1-2H3,(H,21,23). The summed E-state index contributed by atoms with van der Waals surface area (Å²) in [5, 5.41) is 3.66. The van der Waals surface area contributed by atoms with Crippen molar-refractivity contribution in [2.75, 3.05) is 13.6 Å². The molecule has 3 nitrogen and oxygen atoms in total. The molecule has 1 amide bonds. The lowest BCUT2D eigenvalue weighted by molar-refractivity contribution is -0.122. The van der Waals surface area contributed by atoms with Crippen LogP contribution in [0.25, 0.3) is 0 Å². The van der Waals surface area contributed by atoms with Gasteiger partial charge >= 0.3 is 0 Å². The minimum Gasteiger partial charge on any atom is -0.348 e. The van der Waals surface area contributed by atoms with Gasteiger partial charge in [0.25, 0.3) is 0 Å². The normalized spacial score (nSPS) is 12.2. The van der Waals surface area contributed by atoms with E-state index in [9.17, 15) is 4.79 Å². The fraction of sp³-hybridized carbons (Fsp3) is 0.278. The molecule has 0 saturated carbocycles. The zero-order valence-electron chi connectivity index (χ0n) is 13.2. The van der Waals surface area contributed by atoms with Gasteiger partial charge in [0.1, 0.15) is 0 Å². The molecule has 0 aromatic heterocycles. The summed E-state index contributed by atoms with van der Waals surface area (Å²) >= 11 is 9.58. The van der Waals surface area contributed by atoms with Crippen LogP contribution in [-0.4, -0.2) is 24.4 Å². The van der Waals surface area contributed by atoms with E-state index in [0.717, 1.165) is 16.6 Å². The molecule has 0 bridgehead atoms. The van der Waals surface area contributed by atoms with E-state index in [1.807, 2.05) is 67.4 Å². The maximum Gasteiger partial charge on any atom is 0.234 e. The van der Waals surface area contributed by atoms with Gasteiger partial charge in [0, 0.05) is 16.0 Å². The first-order chi connectivity index (χ1) is 11.0. The Kier molecular flexibility index (Phi) is 6.63. The second kappa shape index (κ2) is 8.48. The summed E-state index contributed by atoms with van der Waals surface area (Å²) in [6, 6.07) is 15.5. The van der Waals surface area contributed by atoms with E-state index in [4.69, 9.17) is 11.6 Å². The molecular formula is C18H20BrClN2O. The highest BCUT2D eigenvalue weighted by Crippen LogP contribution is 2.22. The number of carbonyl (C=O) groups is 1. The zero-order chi connectivity index (χ0) is 16.8. The maximum atomic E-state index is 12.2. The summed E-state index contributed by atoms with van der Waals surface area (Å²) in [6.45, 7) is 3.00. The molecule has 0 spiro atoms. The monoisotopic (exact) mass is 394 g/mol. The summed E-state index contributed by atoms with van der Waals surface area (Å²) in [4.78, 5) is 14.2. The molecule has 122 valence electrons. The highest BCUT2D eigenvalue weighted by Gasteiger charge is 2.13. The van der Waals surface area contributed by atoms with Gasteiger partial charge in [0.15, 0.2) is 0 Å². The van der Waals surface area contributed by atoms with Crippen LogP contribution < -0.4 is 5.32 Å². The van der Waals surface area contributed by atoms with Gasteiger partial charge in [-0.25, -0.2) is 0 Å². The predicted octanol–water partition coefficient (Wildman–Crippen LogP) is 4.41. The van der Waals surface area contributed by atoms with Crippen LogP contribution in [0.5, 0.6) is 0 Å². The molecule has 0 aliphatic heterocycles. The Hall–Kier alpha value is -1.36. The van der Waals surface area contributed by atoms with Crippen LogP contribution in [0.2, 0.25) is 5.02 Å². The fourth-order valence-corrected chi connectivity index (χ4v) is 2.96. The van der Waals surface area contributed by atoms with Gasteiger partial charge in [-0.3, -0.25) is 9.69 Å². The molecule has 1 N–H and O–H groups in total. The molecule has 0 aliphatic carbocycles. The van der Waals surface area contributed by atoms with Crippen LogP contribution in [0.15, 0.2) is 53.0 Å². The Morgan fingerprint density at radius 2 is 1.87 bits per heavy atom. The highest BCUT2D eigenvalue weighted by molar-refractivity contribution is 9.10. The van der Waals surface area contributed by atoms with Crippen molar-refractivity contribution in [2.45, 2.75) is 19.5 Å². The minimum atomic E-state index is -0.114. The second-order valence-corrected chi connectivity index (χ2v) is 6.93. The first-order valence-electron chi connectivity index (χ1n) is 7.42. The third-order valence-corrected chi connectivity index (χ3v) is 4.40. The van der Waals surface area contributed by atoms with E-state index in [1.54, 1.807) is 0 Å². The average molecular weight is 396 g/mol. The second-order valence-electron chi connectivity index (χ2n) is 5.61. The lowest BCUT2D eigenvalue weighted by atomic mass is 10.1. The number of nitrogens with zero attached hydrogens (tertiary/aromatic N) is 1. The third-order valence-electron chi connectivity index (χ3n) is 3.53. The van der Waals surface area contributed by atoms with Crippen LogP contribution in [0.1, 0.15) is 24.1 Å². The van der Waals surface area contributed by atoms with E-state index in [1.165, 1.54) is 5.56 Å². The highest BCUT2D eigenvalue weighted by atomic mass is 79.9. The predicted molar refractivity (Wildman–Crippen MR) is 98.5 cm³/mol. The number of nitrogens with one attached hydrogen (secondary N) is 1. The zero-order valence-corrected chi connectivity index (χ0v) is 15.6. The van der Waals surface area contributed by atoms with Gasteiger partial charge in [0.2, 0.25) is 5.91 Å². The molecule has 2 rings (SSSR count). The van der Waals surface area contributed by atoms with Gasteiger partial charge in [-0.1, -0.05) is 57.9 Å². The van der Waals surface area contributed by atoms with Crippen molar-refractivity contribution >= 4 is 33.4 Å². The quantitative estimate of drug-likeness (QED) is 0.785. The molecule has 0 aliphatic rings. The van der Waals surface area contributed by atoms with E-state index in [2.05, 4.69) is 21.2 Å². The summed E-state index contributed by atoms with van der Waals surface area (Å²) in [6.07, 6.45) is 0. The summed E-state index contributed by atoms with van der Waals surface area (Å²) in [5.74, 6) is -0.0166. The van der Waals surface area contributed by atoms with Crippen LogP contribution in [0.3, 0.4) is 0 Å². The number of halogens is 2. The molecular weight excluding hydrogens is 376 g/mol. The third kappa shape index (κ3) is 5.65. The van der Waals surface area contributed by atoms with Crippen molar-refractivity contribution in [1.82, 2.24) is 10.2 Å². The summed E-state index contributed by atoms with van der Waals surface area (Å²) in [5.41, 5.74) is 2.10. The van der Waals surface area contributed by atoms with Crippen molar-refractivity contribution in [3.05, 3.63) is 69.2 Å². The SMILES string of the molecule is CC(NC(=O)CN(C)Cc1ccc(Br)cc1)c1ccccc1Cl. The molecule has 0 saturated heterocycles. The Balaban J connectivity index is 1.86. The number of hydrogen-bond donors (Lipinski definition) is 1. The number of benzene rings is 2. The number of likely N-dealkylation sites (N-methyl/N-ethyl adjacent to an activating group) is 1. The smallest absolute Gasteiger partial charge is 0.234 e. The van der Waals surface area contributed by atoms with Crippen LogP contribution in [0.4, 0.5) is 0 Å². The molecule has 0 fully saturated rings. The van der Waals surface area contributed by atoms with Crippen LogP contribution in [0, 0.1) is 0 Å². The Morgan fingerprint density at radius 1 is 1.22 bits per heavy atom. The number of hydrogen-bond acceptors (Lipinski definition) is 2. The van der Waals surface area contributed by atoms with E-state index in [-0.39, 0.29) is 11.9 Å². The number of carbonyl (C=O) groups excluding carboxylic acids is 1. The lowest BCUT2D eigenvalue weighted by Crippen LogP contribution is -2.36. The van der Waals surface area contributed by atoms with Gasteiger partial charge < -0.3 is 5.32 Å². The van der Waals surface area contributed by atoms with Gasteiger partial charge in [-0.2, -0.15) is 0 Å². The minimum absolute atomic E-state index is 0.0166. The number of rotatable bonds is 6. The fourth-order valence-electron chi connectivity index (χ4n) is 2.39. The van der Waals surface area contributed by atoms with Crippen molar-refractivity contribution < 1.29 is 4.79 Å². The molecule has 2 aromatic carbocycles. The van der Waals surface area contributed by atoms with Gasteiger partial charge in [-0.05, 0) is 43.3 Å². The van der Waals surface area contributed by atoms with E-state index < -0.39 is 0 Å². The topological polar surface area (TPSA) is 32.3 Å². The van der Waals surface area contributed by atoms with Crippen LogP contribution >= 0.6 is 27.5 Å². The molecule has 23 heavy (non-hydrogen) atoms. The Labute approximate surface area is 150 Å². The maximum absolute atomic E-state index is 12.2. The average Bonchev–Trinajstić information content (AvgIpc) is 2.49. The lowest BCUT2D eigenvalue weighted by Gasteiger charge is -2.20. The summed E-state index contributed by atoms with van der Waals surface area (Å²) < 4.78 is 1.05. The number of amides is 1. The Morgan fingerprint density at radius 3 is 2.52 bits per heavy atom. The van der Waals surface area contributed by atoms with Crippen molar-refractivity contribution in [3.8, 4) is 0 Å². The largest absolute Gasteiger partial charge is 0.348 e. The molecule has 0 heterocycles. The van der Waals surface area contributed by atoms with Crippen LogP contribution in [-0.2, 0) is 11.3 Å². The Bertz CT molecular complexity index is 660. The molecule has 0 radical (unpaired) electrons. The van der Waals surface area contributed by atoms with Crippen molar-refractivity contribution in [3.63, 3.8) is 0 Å². The first-order valence-corrected chi connectivity index (χ1v) is 8.59. The molecule has 5 heteroatoms.